The molecule has 1 fully saturated rings. The average Bonchev–Trinajstić information content (AvgIpc) is 3.19. The zero-order valence-electron chi connectivity index (χ0n) is 17.5. The first kappa shape index (κ1) is 20.1. The summed E-state index contributed by atoms with van der Waals surface area (Å²) in [7, 11) is 5.69. The monoisotopic (exact) mass is 380 g/mol. The van der Waals surface area contributed by atoms with E-state index in [4.69, 9.17) is 4.74 Å². The van der Waals surface area contributed by atoms with Gasteiger partial charge in [-0.15, -0.1) is 0 Å². The van der Waals surface area contributed by atoms with Gasteiger partial charge in [0.1, 0.15) is 5.75 Å². The Morgan fingerprint density at radius 1 is 1.21 bits per heavy atom. The maximum Gasteiger partial charge on any atom is 0.193 e. The number of benzene rings is 2. The molecule has 2 aromatic rings. The number of methoxy groups -OCH3 is 1. The zero-order chi connectivity index (χ0) is 19.9. The van der Waals surface area contributed by atoms with Crippen molar-refractivity contribution in [2.24, 2.45) is 10.9 Å². The molecule has 0 radical (unpaired) electrons. The minimum Gasteiger partial charge on any atom is -0.495 e. The molecule has 0 bridgehead atoms. The summed E-state index contributed by atoms with van der Waals surface area (Å²) in [5.41, 5.74) is 3.83. The maximum absolute atomic E-state index is 5.52. The highest BCUT2D eigenvalue weighted by Gasteiger charge is 2.25. The van der Waals surface area contributed by atoms with Crippen LogP contribution in [-0.4, -0.2) is 51.7 Å². The molecule has 1 aliphatic heterocycles. The Bertz CT molecular complexity index is 805. The van der Waals surface area contributed by atoms with Crippen LogP contribution in [-0.2, 0) is 6.54 Å². The summed E-state index contributed by atoms with van der Waals surface area (Å²) in [5.74, 6) is 2.48. The Hall–Kier alpha value is -2.69. The molecule has 0 aromatic heterocycles. The molecule has 0 aliphatic carbocycles. The first-order valence-corrected chi connectivity index (χ1v) is 9.96. The zero-order valence-corrected chi connectivity index (χ0v) is 17.5. The molecule has 5 heteroatoms. The number of nitrogens with one attached hydrogen (secondary N) is 1. The van der Waals surface area contributed by atoms with Crippen LogP contribution in [0.25, 0.3) is 0 Å². The fourth-order valence-corrected chi connectivity index (χ4v) is 3.85. The van der Waals surface area contributed by atoms with Crippen molar-refractivity contribution in [1.29, 1.82) is 0 Å². The molecule has 1 aliphatic rings. The van der Waals surface area contributed by atoms with Crippen molar-refractivity contribution in [2.75, 3.05) is 45.7 Å². The van der Waals surface area contributed by atoms with Gasteiger partial charge in [0, 0.05) is 40.3 Å². The summed E-state index contributed by atoms with van der Waals surface area (Å²) in [6, 6.07) is 16.8. The van der Waals surface area contributed by atoms with Crippen molar-refractivity contribution in [3.63, 3.8) is 0 Å². The van der Waals surface area contributed by atoms with E-state index in [0.717, 1.165) is 37.9 Å². The van der Waals surface area contributed by atoms with Gasteiger partial charge in [-0.2, -0.15) is 0 Å². The highest BCUT2D eigenvalue weighted by Crippen LogP contribution is 2.31. The Balaban J connectivity index is 1.54. The summed E-state index contributed by atoms with van der Waals surface area (Å²) in [5, 5.41) is 3.57. The standard InChI is InChI=1S/C23H32N4O/c1-18-9-5-6-10-20(18)17-26(3)23(24-2)25-15-19-13-14-27(16-19)21-11-7-8-12-22(21)28-4/h5-12,19H,13-17H2,1-4H3,(H,24,25). The lowest BCUT2D eigenvalue weighted by molar-refractivity contribution is 0.414. The van der Waals surface area contributed by atoms with Crippen LogP contribution < -0.4 is 15.0 Å². The third kappa shape index (κ3) is 4.77. The van der Waals surface area contributed by atoms with E-state index in [1.807, 2.05) is 19.2 Å². The van der Waals surface area contributed by atoms with Crippen molar-refractivity contribution in [1.82, 2.24) is 10.2 Å². The SMILES string of the molecule is CN=C(NCC1CCN(c2ccccc2OC)C1)N(C)Cc1ccccc1C. The maximum atomic E-state index is 5.52. The molecule has 0 saturated carbocycles. The number of nitrogens with zero attached hydrogens (tertiary/aromatic N) is 3. The van der Waals surface area contributed by atoms with Crippen molar-refractivity contribution >= 4 is 11.6 Å². The molecule has 3 rings (SSSR count). The molecule has 2 aromatic carbocycles. The van der Waals surface area contributed by atoms with E-state index >= 15 is 0 Å². The third-order valence-electron chi connectivity index (χ3n) is 5.50. The van der Waals surface area contributed by atoms with Gasteiger partial charge >= 0.3 is 0 Å². The molecule has 5 nitrogen and oxygen atoms in total. The van der Waals surface area contributed by atoms with Gasteiger partial charge in [-0.25, -0.2) is 0 Å². The molecule has 1 unspecified atom stereocenters. The second-order valence-corrected chi connectivity index (χ2v) is 7.48. The van der Waals surface area contributed by atoms with Crippen LogP contribution in [0.1, 0.15) is 17.5 Å². The van der Waals surface area contributed by atoms with Crippen molar-refractivity contribution in [3.8, 4) is 5.75 Å². The van der Waals surface area contributed by atoms with E-state index < -0.39 is 0 Å². The van der Waals surface area contributed by atoms with Crippen LogP contribution in [0.4, 0.5) is 5.69 Å². The predicted molar refractivity (Wildman–Crippen MR) is 117 cm³/mol. The minimum atomic E-state index is 0.591. The molecular formula is C23H32N4O. The summed E-state index contributed by atoms with van der Waals surface area (Å²) < 4.78 is 5.52. The molecule has 1 saturated heterocycles. The Morgan fingerprint density at radius 2 is 1.96 bits per heavy atom. The summed E-state index contributed by atoms with van der Waals surface area (Å²) in [6.45, 7) is 6.03. The Labute approximate surface area is 169 Å². The van der Waals surface area contributed by atoms with Crippen LogP contribution in [0.5, 0.6) is 5.75 Å². The van der Waals surface area contributed by atoms with Gasteiger partial charge in [0.15, 0.2) is 5.96 Å². The quantitative estimate of drug-likeness (QED) is 0.615. The van der Waals surface area contributed by atoms with Gasteiger partial charge in [-0.1, -0.05) is 36.4 Å². The van der Waals surface area contributed by atoms with Crippen LogP contribution in [0.2, 0.25) is 0 Å². The number of para-hydroxylation sites is 2. The smallest absolute Gasteiger partial charge is 0.193 e. The van der Waals surface area contributed by atoms with Gasteiger partial charge in [0.25, 0.3) is 0 Å². The number of guanidine groups is 1. The van der Waals surface area contributed by atoms with Gasteiger partial charge in [-0.3, -0.25) is 4.99 Å². The number of aliphatic imine (C=N–C) groups is 1. The summed E-state index contributed by atoms with van der Waals surface area (Å²) in [6.07, 6.45) is 1.17. The molecule has 1 N–H and O–H groups in total. The van der Waals surface area contributed by atoms with Crippen LogP contribution >= 0.6 is 0 Å². The average molecular weight is 381 g/mol. The van der Waals surface area contributed by atoms with E-state index in [1.54, 1.807) is 7.11 Å². The largest absolute Gasteiger partial charge is 0.495 e. The van der Waals surface area contributed by atoms with E-state index in [0.29, 0.717) is 5.92 Å². The second-order valence-electron chi connectivity index (χ2n) is 7.48. The van der Waals surface area contributed by atoms with Gasteiger partial charge in [0.05, 0.1) is 12.8 Å². The first-order chi connectivity index (χ1) is 13.6. The molecule has 150 valence electrons. The number of aryl methyl sites for hydroxylation is 1. The second kappa shape index (κ2) is 9.49. The van der Waals surface area contributed by atoms with Crippen molar-refractivity contribution in [3.05, 3.63) is 59.7 Å². The molecule has 28 heavy (non-hydrogen) atoms. The van der Waals surface area contributed by atoms with E-state index in [2.05, 4.69) is 70.5 Å². The third-order valence-corrected chi connectivity index (χ3v) is 5.50. The van der Waals surface area contributed by atoms with E-state index in [1.165, 1.54) is 23.2 Å². The molecule has 0 spiro atoms. The number of rotatable bonds is 6. The lowest BCUT2D eigenvalue weighted by Gasteiger charge is -2.25. The normalized spacial score (nSPS) is 16.9. The number of anilines is 1. The topological polar surface area (TPSA) is 40.1 Å². The molecule has 1 heterocycles. The Kier molecular flexibility index (Phi) is 6.80. The van der Waals surface area contributed by atoms with E-state index in [-0.39, 0.29) is 0 Å². The molecule has 0 amide bonds. The minimum absolute atomic E-state index is 0.591. The molecule has 1 atom stereocenters. The number of hydrogen-bond donors (Lipinski definition) is 1. The van der Waals surface area contributed by atoms with Crippen molar-refractivity contribution in [2.45, 2.75) is 19.9 Å². The van der Waals surface area contributed by atoms with E-state index in [9.17, 15) is 0 Å². The summed E-state index contributed by atoms with van der Waals surface area (Å²) >= 11 is 0. The predicted octanol–water partition coefficient (Wildman–Crippen LogP) is 3.54. The lowest BCUT2D eigenvalue weighted by atomic mass is 10.1. The highest BCUT2D eigenvalue weighted by atomic mass is 16.5. The number of ether oxygens (including phenoxy) is 1. The van der Waals surface area contributed by atoms with Gasteiger partial charge in [0.2, 0.25) is 0 Å². The Morgan fingerprint density at radius 3 is 2.71 bits per heavy atom. The fourth-order valence-electron chi connectivity index (χ4n) is 3.85. The lowest BCUT2D eigenvalue weighted by Crippen LogP contribution is -2.41. The highest BCUT2D eigenvalue weighted by molar-refractivity contribution is 5.79. The number of hydrogen-bond acceptors (Lipinski definition) is 3. The first-order valence-electron chi connectivity index (χ1n) is 9.96. The van der Waals surface area contributed by atoms with Crippen LogP contribution in [0, 0.1) is 12.8 Å². The molecular weight excluding hydrogens is 348 g/mol. The van der Waals surface area contributed by atoms with Crippen LogP contribution in [0.15, 0.2) is 53.5 Å². The van der Waals surface area contributed by atoms with Gasteiger partial charge in [-0.05, 0) is 42.5 Å². The van der Waals surface area contributed by atoms with Crippen molar-refractivity contribution < 1.29 is 4.74 Å². The van der Waals surface area contributed by atoms with Crippen LogP contribution in [0.3, 0.4) is 0 Å². The summed E-state index contributed by atoms with van der Waals surface area (Å²) in [4.78, 5) is 9.09. The fraction of sp³-hybridized carbons (Fsp3) is 0.435. The van der Waals surface area contributed by atoms with Gasteiger partial charge < -0.3 is 19.9 Å².